The molecule has 1 aliphatic carbocycles. The second-order valence-electron chi connectivity index (χ2n) is 6.78. The largest absolute Gasteiger partial charge is 0.308 e. The van der Waals surface area contributed by atoms with Gasteiger partial charge in [-0.3, -0.25) is 14.8 Å². The number of nitrogens with zero attached hydrogens (tertiary/aromatic N) is 3. The predicted molar refractivity (Wildman–Crippen MR) is 94.5 cm³/mol. The van der Waals surface area contributed by atoms with Crippen LogP contribution < -0.4 is 5.56 Å². The van der Waals surface area contributed by atoms with Crippen molar-refractivity contribution in [1.29, 1.82) is 0 Å². The molecule has 0 bridgehead atoms. The maximum atomic E-state index is 12.7. The summed E-state index contributed by atoms with van der Waals surface area (Å²) in [6.45, 7) is 1.06. The first kappa shape index (κ1) is 14.4. The summed E-state index contributed by atoms with van der Waals surface area (Å²) in [6, 6.07) is 0.230. The maximum absolute atomic E-state index is 12.7. The van der Waals surface area contributed by atoms with E-state index in [9.17, 15) is 4.79 Å². The van der Waals surface area contributed by atoms with Crippen molar-refractivity contribution in [3.63, 3.8) is 0 Å². The van der Waals surface area contributed by atoms with Gasteiger partial charge in [-0.2, -0.15) is 5.10 Å². The molecule has 4 heterocycles. The Morgan fingerprint density at radius 3 is 3.08 bits per heavy atom. The fourth-order valence-electron chi connectivity index (χ4n) is 4.05. The van der Waals surface area contributed by atoms with E-state index in [0.717, 1.165) is 65.9 Å². The second kappa shape index (κ2) is 5.26. The molecule has 0 aromatic carbocycles. The third-order valence-electron chi connectivity index (χ3n) is 5.30. The summed E-state index contributed by atoms with van der Waals surface area (Å²) in [5.41, 5.74) is 4.38. The van der Waals surface area contributed by atoms with Gasteiger partial charge in [0.15, 0.2) is 0 Å². The van der Waals surface area contributed by atoms with E-state index in [-0.39, 0.29) is 11.6 Å². The van der Waals surface area contributed by atoms with Gasteiger partial charge in [0.1, 0.15) is 10.5 Å². The molecule has 124 valence electrons. The van der Waals surface area contributed by atoms with Crippen molar-refractivity contribution in [3.8, 4) is 10.4 Å². The average Bonchev–Trinajstić information content (AvgIpc) is 3.25. The van der Waals surface area contributed by atoms with Crippen LogP contribution in [0.15, 0.2) is 11.0 Å². The number of likely N-dealkylation sites (tertiary alicyclic amines) is 1. The standard InChI is InChI=1S/C17H19N5OS/c1-22-7-3-6-12(22)16-19-13-9-4-2-5-11-10(8-18-21-11)14(9)24-15(13)17(23)20-16/h8,12H,2-7H2,1H3,(H,18,21)(H,19,20,23)/t12-/m1/s1. The van der Waals surface area contributed by atoms with Crippen LogP contribution in [-0.2, 0) is 12.8 Å². The topological polar surface area (TPSA) is 77.7 Å². The van der Waals surface area contributed by atoms with Gasteiger partial charge in [0.2, 0.25) is 0 Å². The van der Waals surface area contributed by atoms with Crippen molar-refractivity contribution in [2.24, 2.45) is 0 Å². The zero-order valence-electron chi connectivity index (χ0n) is 13.6. The molecule has 3 aromatic rings. The Morgan fingerprint density at radius 2 is 2.25 bits per heavy atom. The van der Waals surface area contributed by atoms with Gasteiger partial charge in [-0.05, 0) is 51.3 Å². The fraction of sp³-hybridized carbons (Fsp3) is 0.471. The van der Waals surface area contributed by atoms with E-state index in [4.69, 9.17) is 4.98 Å². The summed E-state index contributed by atoms with van der Waals surface area (Å²) >= 11 is 1.56. The molecule has 0 saturated carbocycles. The molecule has 24 heavy (non-hydrogen) atoms. The van der Waals surface area contributed by atoms with E-state index in [1.807, 2.05) is 6.20 Å². The van der Waals surface area contributed by atoms with Gasteiger partial charge in [-0.25, -0.2) is 4.98 Å². The maximum Gasteiger partial charge on any atom is 0.268 e. The van der Waals surface area contributed by atoms with Crippen molar-refractivity contribution in [1.82, 2.24) is 25.1 Å². The molecule has 2 aliphatic rings. The lowest BCUT2D eigenvalue weighted by Gasteiger charge is -2.18. The van der Waals surface area contributed by atoms with Gasteiger partial charge in [0.25, 0.3) is 5.56 Å². The average molecular weight is 341 g/mol. The number of aromatic nitrogens is 4. The Bertz CT molecular complexity index is 985. The number of thiophene rings is 1. The number of H-pyrrole nitrogens is 2. The lowest BCUT2D eigenvalue weighted by molar-refractivity contribution is 0.306. The first-order chi connectivity index (χ1) is 11.7. The number of fused-ring (bicyclic) bond motifs is 5. The minimum atomic E-state index is -0.00146. The molecule has 0 spiro atoms. The van der Waals surface area contributed by atoms with E-state index in [1.54, 1.807) is 11.3 Å². The number of nitrogens with one attached hydrogen (secondary N) is 2. The van der Waals surface area contributed by atoms with Crippen LogP contribution in [-0.4, -0.2) is 38.7 Å². The Hall–Kier alpha value is -1.99. The van der Waals surface area contributed by atoms with Crippen LogP contribution in [0, 0.1) is 0 Å². The van der Waals surface area contributed by atoms with Crippen molar-refractivity contribution in [3.05, 3.63) is 33.6 Å². The first-order valence-electron chi connectivity index (χ1n) is 8.51. The summed E-state index contributed by atoms with van der Waals surface area (Å²) in [6.07, 6.45) is 7.15. The Labute approximate surface area is 142 Å². The van der Waals surface area contributed by atoms with Gasteiger partial charge in [-0.1, -0.05) is 0 Å². The van der Waals surface area contributed by atoms with Crippen LogP contribution >= 0.6 is 11.3 Å². The Balaban J connectivity index is 1.75. The number of hydrogen-bond acceptors (Lipinski definition) is 5. The minimum Gasteiger partial charge on any atom is -0.308 e. The Kier molecular flexibility index (Phi) is 3.14. The van der Waals surface area contributed by atoms with Gasteiger partial charge in [0, 0.05) is 16.6 Å². The molecule has 7 heteroatoms. The molecule has 3 aromatic heterocycles. The Morgan fingerprint density at radius 1 is 1.33 bits per heavy atom. The van der Waals surface area contributed by atoms with Crippen molar-refractivity contribution >= 4 is 21.6 Å². The van der Waals surface area contributed by atoms with Gasteiger partial charge < -0.3 is 4.98 Å². The third-order valence-corrected chi connectivity index (χ3v) is 6.55. The lowest BCUT2D eigenvalue weighted by atomic mass is 10.1. The van der Waals surface area contributed by atoms with E-state index < -0.39 is 0 Å². The molecule has 0 unspecified atom stereocenters. The van der Waals surface area contributed by atoms with Gasteiger partial charge in [0.05, 0.1) is 17.3 Å². The van der Waals surface area contributed by atoms with E-state index >= 15 is 0 Å². The highest BCUT2D eigenvalue weighted by molar-refractivity contribution is 7.22. The molecule has 0 radical (unpaired) electrons. The smallest absolute Gasteiger partial charge is 0.268 e. The highest BCUT2D eigenvalue weighted by atomic mass is 32.1. The molecular weight excluding hydrogens is 322 g/mol. The zero-order chi connectivity index (χ0) is 16.3. The van der Waals surface area contributed by atoms with Crippen LogP contribution in [0.2, 0.25) is 0 Å². The summed E-state index contributed by atoms with van der Waals surface area (Å²) < 4.78 is 0.749. The number of hydrogen-bond donors (Lipinski definition) is 2. The summed E-state index contributed by atoms with van der Waals surface area (Å²) in [7, 11) is 2.10. The number of aromatic amines is 2. The second-order valence-corrected chi connectivity index (χ2v) is 7.80. The van der Waals surface area contributed by atoms with E-state index in [2.05, 4.69) is 27.1 Å². The van der Waals surface area contributed by atoms with Gasteiger partial charge in [-0.15, -0.1) is 11.3 Å². The molecule has 5 rings (SSSR count). The molecule has 2 N–H and O–H groups in total. The van der Waals surface area contributed by atoms with Crippen LogP contribution in [0.4, 0.5) is 0 Å². The highest BCUT2D eigenvalue weighted by Crippen LogP contribution is 2.41. The quantitative estimate of drug-likeness (QED) is 0.713. The molecular formula is C17H19N5OS. The molecule has 1 atom stereocenters. The normalized spacial score (nSPS) is 21.0. The van der Waals surface area contributed by atoms with E-state index in [1.165, 1.54) is 10.4 Å². The summed E-state index contributed by atoms with van der Waals surface area (Å²) in [5, 5.41) is 7.34. The monoisotopic (exact) mass is 341 g/mol. The van der Waals surface area contributed by atoms with Gasteiger partial charge >= 0.3 is 0 Å². The SMILES string of the molecule is CN1CCC[C@@H]1c1nc2c3c(sc2c(=O)[nH]1)-c1c[nH]nc1CCC3. The number of aryl methyl sites for hydroxylation is 2. The highest BCUT2D eigenvalue weighted by Gasteiger charge is 2.28. The fourth-order valence-corrected chi connectivity index (χ4v) is 5.27. The minimum absolute atomic E-state index is 0.00146. The van der Waals surface area contributed by atoms with Crippen LogP contribution in [0.25, 0.3) is 20.7 Å². The van der Waals surface area contributed by atoms with Crippen LogP contribution in [0.5, 0.6) is 0 Å². The van der Waals surface area contributed by atoms with Crippen LogP contribution in [0.3, 0.4) is 0 Å². The summed E-state index contributed by atoms with van der Waals surface area (Å²) in [5.74, 6) is 0.824. The number of rotatable bonds is 1. The van der Waals surface area contributed by atoms with Crippen LogP contribution in [0.1, 0.15) is 42.4 Å². The lowest BCUT2D eigenvalue weighted by Crippen LogP contribution is -2.22. The molecule has 6 nitrogen and oxygen atoms in total. The third kappa shape index (κ3) is 2.01. The van der Waals surface area contributed by atoms with Crippen molar-refractivity contribution in [2.45, 2.75) is 38.1 Å². The predicted octanol–water partition coefficient (Wildman–Crippen LogP) is 2.63. The molecule has 0 amide bonds. The van der Waals surface area contributed by atoms with Crippen molar-refractivity contribution in [2.75, 3.05) is 13.6 Å². The van der Waals surface area contributed by atoms with Crippen molar-refractivity contribution < 1.29 is 0 Å². The zero-order valence-corrected chi connectivity index (χ0v) is 14.4. The molecule has 1 aliphatic heterocycles. The molecule has 1 saturated heterocycles. The summed E-state index contributed by atoms with van der Waals surface area (Å²) in [4.78, 5) is 24.1. The van der Waals surface area contributed by atoms with E-state index in [0.29, 0.717) is 0 Å². The first-order valence-corrected chi connectivity index (χ1v) is 9.33. The molecule has 1 fully saturated rings.